The normalized spacial score (nSPS) is 27.9. The van der Waals surface area contributed by atoms with E-state index < -0.39 is 41.5 Å². The molecule has 1 aromatic rings. The van der Waals surface area contributed by atoms with Gasteiger partial charge < -0.3 is 30.7 Å². The van der Waals surface area contributed by atoms with Crippen molar-refractivity contribution in [2.24, 2.45) is 4.99 Å². The van der Waals surface area contributed by atoms with Crippen LogP contribution in [0.1, 0.15) is 25.3 Å². The number of carbonyl (C=O) groups excluding carboxylic acids is 3. The number of aliphatic carboxylic acids is 2. The molecule has 0 unspecified atom stereocenters. The van der Waals surface area contributed by atoms with Gasteiger partial charge >= 0.3 is 12.1 Å². The van der Waals surface area contributed by atoms with Crippen LogP contribution in [-0.4, -0.2) is 81.2 Å². The number of benzene rings is 1. The molecule has 0 radical (unpaired) electrons. The first-order valence-electron chi connectivity index (χ1n) is 12.4. The van der Waals surface area contributed by atoms with Crippen molar-refractivity contribution in [1.29, 1.82) is 0 Å². The summed E-state index contributed by atoms with van der Waals surface area (Å²) in [4.78, 5) is 51.3. The van der Waals surface area contributed by atoms with Gasteiger partial charge in [-0.25, -0.2) is 9.37 Å². The second kappa shape index (κ2) is 9.24. The fourth-order valence-electron chi connectivity index (χ4n) is 6.56. The monoisotopic (exact) mass is 610 g/mol. The van der Waals surface area contributed by atoms with E-state index >= 15 is 0 Å². The molecular formula is C25H21F3N4O7S2. The third-order valence-corrected chi connectivity index (χ3v) is 10.8. The number of alkyl halides is 3. The molecule has 4 N–H and O–H groups in total. The molecule has 1 spiro atoms. The molecule has 5 atom stereocenters. The lowest BCUT2D eigenvalue weighted by Crippen LogP contribution is -2.69. The zero-order valence-corrected chi connectivity index (χ0v) is 22.7. The number of ketones is 1. The highest BCUT2D eigenvalue weighted by Crippen LogP contribution is 2.64. The first-order valence-corrected chi connectivity index (χ1v) is 14.4. The van der Waals surface area contributed by atoms with Crippen LogP contribution in [0.2, 0.25) is 0 Å². The number of amides is 1. The van der Waals surface area contributed by atoms with Gasteiger partial charge in [0.25, 0.3) is 0 Å². The Kier molecular flexibility index (Phi) is 6.23. The summed E-state index contributed by atoms with van der Waals surface area (Å²) in [6.07, 6.45) is -0.116. The van der Waals surface area contributed by atoms with Crippen molar-refractivity contribution in [3.63, 3.8) is 0 Å². The van der Waals surface area contributed by atoms with Crippen molar-refractivity contribution >= 4 is 70.3 Å². The molecule has 5 heterocycles. The molecule has 1 saturated heterocycles. The number of halogens is 3. The number of hydrogen-bond donors (Lipinski definition) is 4. The van der Waals surface area contributed by atoms with E-state index in [-0.39, 0.29) is 27.9 Å². The summed E-state index contributed by atoms with van der Waals surface area (Å²) in [5.74, 6) is -4.18. The zero-order valence-electron chi connectivity index (χ0n) is 21.1. The average molecular weight is 611 g/mol. The van der Waals surface area contributed by atoms with Crippen molar-refractivity contribution in [3.05, 3.63) is 27.1 Å². The molecule has 41 heavy (non-hydrogen) atoms. The number of carbonyl (C=O) groups is 4. The fraction of sp³-hybridized carbons (Fsp3) is 0.440. The summed E-state index contributed by atoms with van der Waals surface area (Å²) in [7, 11) is 0. The average Bonchev–Trinajstić information content (AvgIpc) is 3.43. The highest BCUT2D eigenvalue weighted by molar-refractivity contribution is 8.04. The van der Waals surface area contributed by atoms with Crippen LogP contribution in [0, 0.1) is 0 Å². The van der Waals surface area contributed by atoms with Gasteiger partial charge in [0.05, 0.1) is 32.5 Å². The SMILES string of the molecule is CC(=O)N[C@@H](CS[C@@H]1[C@@H]2C(=O)C=C3S[C@@H]4C[C@@]31c1c(c(O)c3c5c1=[N+]2CCC=5C=N3)N4)C(=O)O.O=C([O-])C(F)(F)F. The van der Waals surface area contributed by atoms with Crippen molar-refractivity contribution in [2.75, 3.05) is 17.6 Å². The number of nitrogens with one attached hydrogen (secondary N) is 2. The van der Waals surface area contributed by atoms with Gasteiger partial charge in [-0.15, -0.1) is 23.5 Å². The molecule has 16 heteroatoms. The van der Waals surface area contributed by atoms with Crippen LogP contribution >= 0.6 is 23.5 Å². The summed E-state index contributed by atoms with van der Waals surface area (Å²) >= 11 is 3.07. The topological polar surface area (TPSA) is 171 Å². The van der Waals surface area contributed by atoms with E-state index in [4.69, 9.17) is 9.90 Å². The highest BCUT2D eigenvalue weighted by Gasteiger charge is 2.67. The van der Waals surface area contributed by atoms with E-state index in [0.29, 0.717) is 17.9 Å². The second-order valence-corrected chi connectivity index (χ2v) is 12.7. The summed E-state index contributed by atoms with van der Waals surface area (Å²) in [5, 5.41) is 37.4. The molecule has 1 amide bonds. The van der Waals surface area contributed by atoms with E-state index in [1.54, 1.807) is 17.8 Å². The molecule has 0 aromatic heterocycles. The van der Waals surface area contributed by atoms with E-state index in [9.17, 15) is 37.8 Å². The molecular weight excluding hydrogens is 589 g/mol. The van der Waals surface area contributed by atoms with Crippen LogP contribution in [0.15, 0.2) is 16.0 Å². The minimum atomic E-state index is -5.19. The third kappa shape index (κ3) is 3.97. The molecule has 5 aliphatic heterocycles. The number of allylic oxidation sites excluding steroid dienone is 1. The number of phenols is 1. The summed E-state index contributed by atoms with van der Waals surface area (Å²) < 4.78 is 33.7. The Balaban J connectivity index is 0.000000387. The van der Waals surface area contributed by atoms with E-state index in [2.05, 4.69) is 20.2 Å². The quantitative estimate of drug-likeness (QED) is 0.242. The minimum Gasteiger partial charge on any atom is -0.542 e. The molecule has 7 rings (SSSR count). The molecule has 1 aromatic carbocycles. The molecule has 216 valence electrons. The maximum atomic E-state index is 13.6. The largest absolute Gasteiger partial charge is 0.542 e. The van der Waals surface area contributed by atoms with Gasteiger partial charge in [0.15, 0.2) is 5.75 Å². The Hall–Kier alpha value is -3.53. The molecule has 3 bridgehead atoms. The minimum absolute atomic E-state index is 0.000798. The maximum Gasteiger partial charge on any atom is 0.430 e. The number of rotatable bonds is 5. The number of carboxylic acid groups (broad SMARTS) is 2. The van der Waals surface area contributed by atoms with Crippen molar-refractivity contribution in [2.45, 2.75) is 54.1 Å². The Morgan fingerprint density at radius 2 is 2.10 bits per heavy atom. The fourth-order valence-corrected chi connectivity index (χ4v) is 9.88. The van der Waals surface area contributed by atoms with Gasteiger partial charge in [-0.05, 0) is 18.1 Å². The molecule has 1 fully saturated rings. The molecule has 0 saturated carbocycles. The summed E-state index contributed by atoms with van der Waals surface area (Å²) in [6, 6.07) is -1.48. The standard InChI is InChI=1S/C23H20N4O5S2.C2HF3O2/c1-8(28)25-10(22(31)32)7-33-21-18-11(29)4-12-23(21)5-13(34-12)26-17-15(23)19-14-9(2-3-27(18)19)6-24-16(14)20(17)30;3-2(4,5)1(6)7/h4,6,10,13,18,21H,2-3,5,7H2,1H3,(H3,24,25,26,28,30,31,32);(H,6,7)/t10-,13+,18-,21+,23-;/m0./s1. The highest BCUT2D eigenvalue weighted by atomic mass is 32.2. The van der Waals surface area contributed by atoms with Crippen LogP contribution in [0.3, 0.4) is 0 Å². The maximum absolute atomic E-state index is 13.6. The van der Waals surface area contributed by atoms with Gasteiger partial charge in [-0.2, -0.15) is 13.2 Å². The van der Waals surface area contributed by atoms with Crippen molar-refractivity contribution < 1.29 is 47.7 Å². The number of aromatic hydroxyl groups is 1. The predicted octanol–water partition coefficient (Wildman–Crippen LogP) is -0.882. The molecule has 1 aliphatic carbocycles. The molecule has 6 aliphatic rings. The first kappa shape index (κ1) is 27.6. The van der Waals surface area contributed by atoms with Gasteiger partial charge in [-0.3, -0.25) is 14.6 Å². The number of carboxylic acids is 2. The van der Waals surface area contributed by atoms with Gasteiger partial charge in [-0.1, -0.05) is 0 Å². The van der Waals surface area contributed by atoms with Crippen LogP contribution in [-0.2, 0) is 24.6 Å². The third-order valence-electron chi connectivity index (χ3n) is 7.99. The van der Waals surface area contributed by atoms with Crippen LogP contribution in [0.25, 0.3) is 5.57 Å². The Morgan fingerprint density at radius 1 is 1.39 bits per heavy atom. The summed E-state index contributed by atoms with van der Waals surface area (Å²) in [5.41, 5.74) is 2.85. The second-order valence-electron chi connectivity index (χ2n) is 10.3. The Bertz CT molecular complexity index is 1660. The predicted molar refractivity (Wildman–Crippen MR) is 140 cm³/mol. The lowest BCUT2D eigenvalue weighted by Gasteiger charge is -2.47. The van der Waals surface area contributed by atoms with Crippen LogP contribution < -0.4 is 30.9 Å². The number of fused-ring (bicyclic) bond motifs is 3. The summed E-state index contributed by atoms with van der Waals surface area (Å²) in [6.45, 7) is 1.96. The number of phenolic OH excluding ortho intramolecular Hbond substituents is 1. The van der Waals surface area contributed by atoms with E-state index in [1.165, 1.54) is 18.7 Å². The number of aliphatic imine (C=N–C) groups is 1. The Labute approximate surface area is 237 Å². The lowest BCUT2D eigenvalue weighted by atomic mass is 9.64. The lowest BCUT2D eigenvalue weighted by molar-refractivity contribution is -0.344. The number of anilines is 1. The van der Waals surface area contributed by atoms with Crippen molar-refractivity contribution in [3.8, 4) is 5.75 Å². The van der Waals surface area contributed by atoms with E-state index in [0.717, 1.165) is 39.5 Å². The van der Waals surface area contributed by atoms with E-state index in [1.807, 2.05) is 6.21 Å². The van der Waals surface area contributed by atoms with Crippen molar-refractivity contribution in [1.82, 2.24) is 9.89 Å². The number of thioether (sulfide) groups is 2. The van der Waals surface area contributed by atoms with Gasteiger partial charge in [0, 0.05) is 30.2 Å². The molecule has 11 nitrogen and oxygen atoms in total. The van der Waals surface area contributed by atoms with Gasteiger partial charge in [0.2, 0.25) is 23.1 Å². The zero-order chi connectivity index (χ0) is 29.6. The van der Waals surface area contributed by atoms with Crippen LogP contribution in [0.4, 0.5) is 24.5 Å². The van der Waals surface area contributed by atoms with Gasteiger partial charge in [0.1, 0.15) is 24.2 Å². The smallest absolute Gasteiger partial charge is 0.430 e. The Morgan fingerprint density at radius 3 is 2.73 bits per heavy atom. The van der Waals surface area contributed by atoms with Crippen LogP contribution in [0.5, 0.6) is 5.75 Å². The first-order chi connectivity index (χ1) is 19.3. The number of hydrogen-bond acceptors (Lipinski definition) is 10. The number of nitrogens with zero attached hydrogens (tertiary/aromatic N) is 2.